The van der Waals surface area contributed by atoms with Gasteiger partial charge in [0.1, 0.15) is 5.75 Å². The van der Waals surface area contributed by atoms with Crippen molar-refractivity contribution in [3.05, 3.63) is 58.9 Å². The number of benzene rings is 2. The lowest BCUT2D eigenvalue weighted by atomic mass is 10.2. The van der Waals surface area contributed by atoms with Crippen LogP contribution in [0.5, 0.6) is 5.75 Å². The molecule has 0 saturated heterocycles. The first kappa shape index (κ1) is 14.6. The maximum atomic E-state index is 5.65. The van der Waals surface area contributed by atoms with Crippen LogP contribution in [-0.2, 0) is 6.54 Å². The maximum absolute atomic E-state index is 5.65. The summed E-state index contributed by atoms with van der Waals surface area (Å²) in [6, 6.07) is 15.4. The summed E-state index contributed by atoms with van der Waals surface area (Å²) in [6.45, 7) is 0.477. The Kier molecular flexibility index (Phi) is 4.39. The summed E-state index contributed by atoms with van der Waals surface area (Å²) < 4.78 is 11.8. The third-order valence-corrected chi connectivity index (χ3v) is 3.62. The van der Waals surface area contributed by atoms with E-state index in [-0.39, 0.29) is 0 Å². The zero-order valence-electron chi connectivity index (χ0n) is 11.9. The SMILES string of the molecule is COc1ccc(-c2nnc(CNc3ccc(Br)cc3)o2)cc1. The fourth-order valence-electron chi connectivity index (χ4n) is 1.92. The molecule has 0 fully saturated rings. The Balaban J connectivity index is 1.66. The molecule has 0 atom stereocenters. The minimum atomic E-state index is 0.477. The van der Waals surface area contributed by atoms with Crippen LogP contribution in [0, 0.1) is 0 Å². The number of hydrogen-bond acceptors (Lipinski definition) is 5. The van der Waals surface area contributed by atoms with Gasteiger partial charge >= 0.3 is 0 Å². The molecule has 0 aliphatic heterocycles. The number of nitrogens with one attached hydrogen (secondary N) is 1. The minimum absolute atomic E-state index is 0.477. The molecule has 0 aliphatic carbocycles. The number of halogens is 1. The number of nitrogens with zero attached hydrogens (tertiary/aromatic N) is 2. The van der Waals surface area contributed by atoms with Crippen molar-refractivity contribution in [2.24, 2.45) is 0 Å². The lowest BCUT2D eigenvalue weighted by Gasteiger charge is -2.03. The van der Waals surface area contributed by atoms with E-state index in [0.717, 1.165) is 21.5 Å². The Morgan fingerprint density at radius 2 is 1.77 bits per heavy atom. The Hall–Kier alpha value is -2.34. The summed E-state index contributed by atoms with van der Waals surface area (Å²) in [5, 5.41) is 11.3. The first-order chi connectivity index (χ1) is 10.7. The maximum Gasteiger partial charge on any atom is 0.247 e. The van der Waals surface area contributed by atoms with Gasteiger partial charge in [-0.15, -0.1) is 10.2 Å². The molecule has 6 heteroatoms. The van der Waals surface area contributed by atoms with Gasteiger partial charge < -0.3 is 14.5 Å². The van der Waals surface area contributed by atoms with Crippen LogP contribution in [0.2, 0.25) is 0 Å². The molecule has 3 aromatic rings. The van der Waals surface area contributed by atoms with Crippen molar-refractivity contribution in [3.63, 3.8) is 0 Å². The van der Waals surface area contributed by atoms with Gasteiger partial charge in [0.2, 0.25) is 11.8 Å². The van der Waals surface area contributed by atoms with Crippen molar-refractivity contribution >= 4 is 21.6 Å². The number of hydrogen-bond donors (Lipinski definition) is 1. The third-order valence-electron chi connectivity index (χ3n) is 3.09. The topological polar surface area (TPSA) is 60.2 Å². The summed E-state index contributed by atoms with van der Waals surface area (Å²) >= 11 is 3.40. The van der Waals surface area contributed by atoms with Crippen molar-refractivity contribution in [1.29, 1.82) is 0 Å². The van der Waals surface area contributed by atoms with Gasteiger partial charge in [0.25, 0.3) is 0 Å². The molecule has 0 bridgehead atoms. The van der Waals surface area contributed by atoms with Crippen LogP contribution in [0.25, 0.3) is 11.5 Å². The molecular weight excluding hydrogens is 346 g/mol. The Bertz CT molecular complexity index is 739. The molecule has 112 valence electrons. The van der Waals surface area contributed by atoms with Gasteiger partial charge in [-0.3, -0.25) is 0 Å². The molecule has 0 spiro atoms. The molecule has 22 heavy (non-hydrogen) atoms. The predicted molar refractivity (Wildman–Crippen MR) is 87.8 cm³/mol. The van der Waals surface area contributed by atoms with Crippen LogP contribution in [0.15, 0.2) is 57.4 Å². The highest BCUT2D eigenvalue weighted by Gasteiger charge is 2.08. The molecule has 0 aliphatic rings. The highest BCUT2D eigenvalue weighted by atomic mass is 79.9. The summed E-state index contributed by atoms with van der Waals surface area (Å²) in [6.07, 6.45) is 0. The first-order valence-corrected chi connectivity index (χ1v) is 7.50. The zero-order valence-corrected chi connectivity index (χ0v) is 13.5. The van der Waals surface area contributed by atoms with Crippen molar-refractivity contribution in [3.8, 4) is 17.2 Å². The van der Waals surface area contributed by atoms with Crippen molar-refractivity contribution in [1.82, 2.24) is 10.2 Å². The average Bonchev–Trinajstić information content (AvgIpc) is 3.03. The van der Waals surface area contributed by atoms with Crippen LogP contribution in [-0.4, -0.2) is 17.3 Å². The van der Waals surface area contributed by atoms with E-state index in [1.165, 1.54) is 0 Å². The minimum Gasteiger partial charge on any atom is -0.497 e. The highest BCUT2D eigenvalue weighted by molar-refractivity contribution is 9.10. The molecule has 1 heterocycles. The number of ether oxygens (including phenoxy) is 1. The van der Waals surface area contributed by atoms with Gasteiger partial charge in [-0.25, -0.2) is 0 Å². The van der Waals surface area contributed by atoms with E-state index in [1.54, 1.807) is 7.11 Å². The second-order valence-corrected chi connectivity index (χ2v) is 5.51. The highest BCUT2D eigenvalue weighted by Crippen LogP contribution is 2.21. The standard InChI is InChI=1S/C16H14BrN3O2/c1-21-14-8-2-11(3-9-14)16-20-19-15(22-16)10-18-13-6-4-12(17)5-7-13/h2-9,18H,10H2,1H3. The number of anilines is 1. The van der Waals surface area contributed by atoms with Crippen LogP contribution in [0.4, 0.5) is 5.69 Å². The van der Waals surface area contributed by atoms with Gasteiger partial charge in [0.05, 0.1) is 13.7 Å². The summed E-state index contributed by atoms with van der Waals surface area (Å²) in [7, 11) is 1.63. The summed E-state index contributed by atoms with van der Waals surface area (Å²) in [5.41, 5.74) is 1.86. The molecule has 0 unspecified atom stereocenters. The Morgan fingerprint density at radius 3 is 2.45 bits per heavy atom. The predicted octanol–water partition coefficient (Wildman–Crippen LogP) is 4.12. The van der Waals surface area contributed by atoms with Gasteiger partial charge in [-0.2, -0.15) is 0 Å². The zero-order chi connectivity index (χ0) is 15.4. The van der Waals surface area contributed by atoms with Gasteiger partial charge in [0, 0.05) is 15.7 Å². The van der Waals surface area contributed by atoms with Crippen LogP contribution < -0.4 is 10.1 Å². The molecule has 2 aromatic carbocycles. The second-order valence-electron chi connectivity index (χ2n) is 4.59. The molecule has 5 nitrogen and oxygen atoms in total. The fraction of sp³-hybridized carbons (Fsp3) is 0.125. The van der Waals surface area contributed by atoms with Crippen molar-refractivity contribution < 1.29 is 9.15 Å². The van der Waals surface area contributed by atoms with E-state index in [2.05, 4.69) is 31.4 Å². The largest absolute Gasteiger partial charge is 0.497 e. The van der Waals surface area contributed by atoms with E-state index < -0.39 is 0 Å². The van der Waals surface area contributed by atoms with Crippen molar-refractivity contribution in [2.45, 2.75) is 6.54 Å². The lowest BCUT2D eigenvalue weighted by Crippen LogP contribution is -1.99. The average molecular weight is 360 g/mol. The molecule has 0 amide bonds. The van der Waals surface area contributed by atoms with Crippen LogP contribution in [0.3, 0.4) is 0 Å². The molecule has 1 N–H and O–H groups in total. The second kappa shape index (κ2) is 6.62. The van der Waals surface area contributed by atoms with Gasteiger partial charge in [0.15, 0.2) is 0 Å². The molecule has 3 rings (SSSR count). The first-order valence-electron chi connectivity index (χ1n) is 6.71. The third kappa shape index (κ3) is 3.46. The number of rotatable bonds is 5. The van der Waals surface area contributed by atoms with Gasteiger partial charge in [-0.05, 0) is 48.5 Å². The fourth-order valence-corrected chi connectivity index (χ4v) is 2.19. The monoisotopic (exact) mass is 359 g/mol. The summed E-state index contributed by atoms with van der Waals surface area (Å²) in [4.78, 5) is 0. The Morgan fingerprint density at radius 1 is 1.05 bits per heavy atom. The van der Waals surface area contributed by atoms with Gasteiger partial charge in [-0.1, -0.05) is 15.9 Å². The molecule has 0 radical (unpaired) electrons. The molecule has 1 aromatic heterocycles. The lowest BCUT2D eigenvalue weighted by molar-refractivity contribution is 0.415. The smallest absolute Gasteiger partial charge is 0.247 e. The number of aromatic nitrogens is 2. The van der Waals surface area contributed by atoms with E-state index in [4.69, 9.17) is 9.15 Å². The number of methoxy groups -OCH3 is 1. The van der Waals surface area contributed by atoms with Crippen LogP contribution in [0.1, 0.15) is 5.89 Å². The molecular formula is C16H14BrN3O2. The Labute approximate surface area is 136 Å². The van der Waals surface area contributed by atoms with E-state index in [1.807, 2.05) is 48.5 Å². The van der Waals surface area contributed by atoms with Crippen molar-refractivity contribution in [2.75, 3.05) is 12.4 Å². The van der Waals surface area contributed by atoms with E-state index in [0.29, 0.717) is 18.3 Å². The van der Waals surface area contributed by atoms with E-state index >= 15 is 0 Å². The quantitative estimate of drug-likeness (QED) is 0.742. The van der Waals surface area contributed by atoms with E-state index in [9.17, 15) is 0 Å². The summed E-state index contributed by atoms with van der Waals surface area (Å²) in [5.74, 6) is 1.82. The normalized spacial score (nSPS) is 10.5. The molecule has 0 saturated carbocycles. The van der Waals surface area contributed by atoms with Crippen LogP contribution >= 0.6 is 15.9 Å².